The Hall–Kier alpha value is -4.00. The number of fused-ring (bicyclic) bond motifs is 2. The lowest BCUT2D eigenvalue weighted by atomic mass is 10.2. The number of anilines is 1. The van der Waals surface area contributed by atoms with Crippen LogP contribution in [0.15, 0.2) is 66.9 Å². The van der Waals surface area contributed by atoms with Crippen LogP contribution in [0.3, 0.4) is 0 Å². The number of amides is 1. The summed E-state index contributed by atoms with van der Waals surface area (Å²) < 4.78 is 31.3. The summed E-state index contributed by atoms with van der Waals surface area (Å²) in [6.45, 7) is 4.19. The minimum Gasteiger partial charge on any atom is -0.332 e. The second-order valence-corrected chi connectivity index (χ2v) is 7.83. The first-order valence-electron chi connectivity index (χ1n) is 10.2. The SMILES string of the molecule is Cc1nc2cc(NC(=O)c3cc4cc(F)ccc4n3Cc3cccc(F)c3)ccn2c1C. The van der Waals surface area contributed by atoms with Crippen LogP contribution in [0.5, 0.6) is 0 Å². The van der Waals surface area contributed by atoms with Crippen LogP contribution in [0.2, 0.25) is 0 Å². The number of nitrogens with zero attached hydrogens (tertiary/aromatic N) is 3. The third-order valence-corrected chi connectivity index (χ3v) is 5.69. The van der Waals surface area contributed by atoms with Crippen molar-refractivity contribution in [2.45, 2.75) is 20.4 Å². The van der Waals surface area contributed by atoms with E-state index in [1.165, 1.54) is 24.3 Å². The van der Waals surface area contributed by atoms with Crippen molar-refractivity contribution in [2.75, 3.05) is 5.32 Å². The predicted octanol–water partition coefficient (Wildman–Crippen LogP) is 5.48. The number of hydrogen-bond donors (Lipinski definition) is 1. The van der Waals surface area contributed by atoms with Crippen LogP contribution in [0.4, 0.5) is 14.5 Å². The maximum absolute atomic E-state index is 13.8. The Balaban J connectivity index is 1.54. The van der Waals surface area contributed by atoms with E-state index in [2.05, 4.69) is 10.3 Å². The smallest absolute Gasteiger partial charge is 0.272 e. The summed E-state index contributed by atoms with van der Waals surface area (Å²) in [7, 11) is 0. The van der Waals surface area contributed by atoms with Crippen LogP contribution in [0, 0.1) is 25.5 Å². The number of benzene rings is 2. The number of aryl methyl sites for hydroxylation is 2. The Kier molecular flexibility index (Phi) is 4.74. The molecule has 32 heavy (non-hydrogen) atoms. The van der Waals surface area contributed by atoms with Gasteiger partial charge in [0.05, 0.1) is 5.69 Å². The largest absolute Gasteiger partial charge is 0.332 e. The zero-order chi connectivity index (χ0) is 22.4. The molecule has 0 bridgehead atoms. The molecule has 5 nitrogen and oxygen atoms in total. The van der Waals surface area contributed by atoms with Crippen molar-refractivity contribution in [3.8, 4) is 0 Å². The highest BCUT2D eigenvalue weighted by Gasteiger charge is 2.17. The van der Waals surface area contributed by atoms with Crippen LogP contribution in [-0.2, 0) is 6.54 Å². The molecule has 0 saturated carbocycles. The molecular formula is C25H20F2N4O. The third-order valence-electron chi connectivity index (χ3n) is 5.69. The molecule has 0 aliphatic carbocycles. The molecule has 0 saturated heterocycles. The Morgan fingerprint density at radius 2 is 1.81 bits per heavy atom. The van der Waals surface area contributed by atoms with Gasteiger partial charge in [-0.2, -0.15) is 0 Å². The van der Waals surface area contributed by atoms with Crippen molar-refractivity contribution in [3.63, 3.8) is 0 Å². The first-order valence-corrected chi connectivity index (χ1v) is 10.2. The Morgan fingerprint density at radius 1 is 1.00 bits per heavy atom. The Labute approximate surface area is 182 Å². The molecular weight excluding hydrogens is 410 g/mol. The highest BCUT2D eigenvalue weighted by molar-refractivity contribution is 6.06. The minimum absolute atomic E-state index is 0.271. The standard InChI is InChI=1S/C25H20F2N4O/c1-15-16(2)30-9-8-21(13-24(30)28-15)29-25(32)23-12-18-11-20(27)6-7-22(18)31(23)14-17-4-3-5-19(26)10-17/h3-13H,14H2,1-2H3,(H,29,32). The van der Waals surface area contributed by atoms with E-state index in [1.54, 1.807) is 41.0 Å². The first-order chi connectivity index (χ1) is 15.4. The zero-order valence-electron chi connectivity index (χ0n) is 17.6. The van der Waals surface area contributed by atoms with Crippen molar-refractivity contribution in [1.82, 2.24) is 14.0 Å². The molecule has 0 fully saturated rings. The molecule has 0 atom stereocenters. The molecule has 160 valence electrons. The van der Waals surface area contributed by atoms with E-state index in [9.17, 15) is 13.6 Å². The molecule has 2 aromatic carbocycles. The summed E-state index contributed by atoms with van der Waals surface area (Å²) in [5.41, 5.74) is 5.04. The summed E-state index contributed by atoms with van der Waals surface area (Å²) in [4.78, 5) is 17.7. The highest BCUT2D eigenvalue weighted by Crippen LogP contribution is 2.24. The second kappa shape index (κ2) is 7.60. The Bertz CT molecular complexity index is 1500. The molecule has 0 radical (unpaired) electrons. The van der Waals surface area contributed by atoms with E-state index in [0.29, 0.717) is 27.8 Å². The van der Waals surface area contributed by atoms with Gasteiger partial charge in [-0.1, -0.05) is 12.1 Å². The van der Waals surface area contributed by atoms with E-state index >= 15 is 0 Å². The molecule has 5 aromatic rings. The van der Waals surface area contributed by atoms with E-state index < -0.39 is 0 Å². The summed E-state index contributed by atoms with van der Waals surface area (Å²) in [6.07, 6.45) is 1.86. The molecule has 0 spiro atoms. The molecule has 0 aliphatic rings. The number of hydrogen-bond acceptors (Lipinski definition) is 2. The lowest BCUT2D eigenvalue weighted by Gasteiger charge is -2.12. The quantitative estimate of drug-likeness (QED) is 0.410. The molecule has 1 N–H and O–H groups in total. The maximum atomic E-state index is 13.8. The van der Waals surface area contributed by atoms with Crippen LogP contribution >= 0.6 is 0 Å². The van der Waals surface area contributed by atoms with Crippen LogP contribution in [0.1, 0.15) is 27.4 Å². The van der Waals surface area contributed by atoms with Gasteiger partial charge in [0.2, 0.25) is 0 Å². The number of pyridine rings is 1. The Morgan fingerprint density at radius 3 is 2.62 bits per heavy atom. The predicted molar refractivity (Wildman–Crippen MR) is 120 cm³/mol. The number of carbonyl (C=O) groups excluding carboxylic acids is 1. The van der Waals surface area contributed by atoms with Crippen molar-refractivity contribution >= 4 is 28.1 Å². The average molecular weight is 430 g/mol. The highest BCUT2D eigenvalue weighted by atomic mass is 19.1. The summed E-state index contributed by atoms with van der Waals surface area (Å²) >= 11 is 0. The van der Waals surface area contributed by atoms with Crippen molar-refractivity contribution in [2.24, 2.45) is 0 Å². The van der Waals surface area contributed by atoms with Gasteiger partial charge in [-0.25, -0.2) is 13.8 Å². The molecule has 7 heteroatoms. The monoisotopic (exact) mass is 430 g/mol. The topological polar surface area (TPSA) is 51.3 Å². The third kappa shape index (κ3) is 3.51. The maximum Gasteiger partial charge on any atom is 0.272 e. The van der Waals surface area contributed by atoms with E-state index in [4.69, 9.17) is 0 Å². The zero-order valence-corrected chi connectivity index (χ0v) is 17.6. The van der Waals surface area contributed by atoms with E-state index in [-0.39, 0.29) is 24.1 Å². The normalized spacial score (nSPS) is 11.4. The molecule has 5 rings (SSSR count). The number of halogens is 2. The minimum atomic E-state index is -0.386. The fourth-order valence-electron chi connectivity index (χ4n) is 3.98. The molecule has 3 heterocycles. The second-order valence-electron chi connectivity index (χ2n) is 7.83. The molecule has 3 aromatic heterocycles. The van der Waals surface area contributed by atoms with Crippen molar-refractivity contribution in [1.29, 1.82) is 0 Å². The van der Waals surface area contributed by atoms with Gasteiger partial charge in [0.25, 0.3) is 5.91 Å². The van der Waals surface area contributed by atoms with E-state index in [0.717, 1.165) is 17.0 Å². The lowest BCUT2D eigenvalue weighted by molar-refractivity contribution is 0.101. The van der Waals surface area contributed by atoms with E-state index in [1.807, 2.05) is 24.4 Å². The van der Waals surface area contributed by atoms with Crippen LogP contribution in [-0.4, -0.2) is 19.9 Å². The molecule has 1 amide bonds. The van der Waals surface area contributed by atoms with Gasteiger partial charge in [-0.05, 0) is 61.9 Å². The van der Waals surface area contributed by atoms with Gasteiger partial charge < -0.3 is 14.3 Å². The van der Waals surface area contributed by atoms with Crippen LogP contribution < -0.4 is 5.32 Å². The average Bonchev–Trinajstić information content (AvgIpc) is 3.24. The number of aromatic nitrogens is 3. The fraction of sp³-hybridized carbons (Fsp3) is 0.120. The van der Waals surface area contributed by atoms with Gasteiger partial charge in [-0.3, -0.25) is 4.79 Å². The van der Waals surface area contributed by atoms with Gasteiger partial charge in [-0.15, -0.1) is 0 Å². The lowest BCUT2D eigenvalue weighted by Crippen LogP contribution is -2.17. The number of imidazole rings is 1. The molecule has 0 aliphatic heterocycles. The number of rotatable bonds is 4. The van der Waals surface area contributed by atoms with Crippen molar-refractivity contribution < 1.29 is 13.6 Å². The first kappa shape index (κ1) is 19.9. The fourth-order valence-corrected chi connectivity index (χ4v) is 3.98. The van der Waals surface area contributed by atoms with Crippen LogP contribution in [0.25, 0.3) is 16.6 Å². The molecule has 0 unspecified atom stereocenters. The van der Waals surface area contributed by atoms with Gasteiger partial charge in [0, 0.05) is 41.1 Å². The number of nitrogens with one attached hydrogen (secondary N) is 1. The number of carbonyl (C=O) groups is 1. The van der Waals surface area contributed by atoms with Crippen molar-refractivity contribution in [3.05, 3.63) is 101 Å². The van der Waals surface area contributed by atoms with Gasteiger partial charge >= 0.3 is 0 Å². The summed E-state index contributed by atoms with van der Waals surface area (Å²) in [6, 6.07) is 15.8. The van der Waals surface area contributed by atoms with Gasteiger partial charge in [0.15, 0.2) is 0 Å². The summed E-state index contributed by atoms with van der Waals surface area (Å²) in [5.74, 6) is -1.08. The summed E-state index contributed by atoms with van der Waals surface area (Å²) in [5, 5.41) is 3.51. The van der Waals surface area contributed by atoms with Gasteiger partial charge in [0.1, 0.15) is 23.0 Å².